The Bertz CT molecular complexity index is 486. The van der Waals surface area contributed by atoms with E-state index in [9.17, 15) is 5.11 Å². The molecule has 0 amide bonds. The maximum absolute atomic E-state index is 9.35. The number of pyridine rings is 1. The lowest BCUT2D eigenvalue weighted by atomic mass is 10.2. The average molecular weight is 203 g/mol. The summed E-state index contributed by atoms with van der Waals surface area (Å²) in [6, 6.07) is 3.77. The van der Waals surface area contributed by atoms with Crippen LogP contribution in [0.15, 0.2) is 24.5 Å². The van der Waals surface area contributed by atoms with E-state index in [1.165, 1.54) is 6.42 Å². The predicted octanol–water partition coefficient (Wildman–Crippen LogP) is 1.46. The topological polar surface area (TPSA) is 49.6 Å². The zero-order chi connectivity index (χ0) is 10.3. The molecule has 0 aliphatic carbocycles. The van der Waals surface area contributed by atoms with Crippen LogP contribution in [0.25, 0.3) is 5.52 Å². The fourth-order valence-electron chi connectivity index (χ4n) is 2.17. The van der Waals surface area contributed by atoms with Crippen molar-refractivity contribution in [2.45, 2.75) is 18.9 Å². The van der Waals surface area contributed by atoms with Crippen molar-refractivity contribution in [1.82, 2.24) is 14.7 Å². The Balaban J connectivity index is 2.11. The molecule has 2 aromatic heterocycles. The van der Waals surface area contributed by atoms with Crippen LogP contribution in [0, 0.1) is 0 Å². The van der Waals surface area contributed by atoms with Gasteiger partial charge in [-0.3, -0.25) is 0 Å². The third-order valence-electron chi connectivity index (χ3n) is 2.92. The average Bonchev–Trinajstić information content (AvgIpc) is 2.82. The number of nitrogens with one attached hydrogen (secondary N) is 1. The van der Waals surface area contributed by atoms with Gasteiger partial charge in [0.2, 0.25) is 0 Å². The lowest BCUT2D eigenvalue weighted by Crippen LogP contribution is -2.15. The molecule has 1 atom stereocenters. The SMILES string of the molecule is Oc1ccn2c(C3CCCN3)ncc2c1. The largest absolute Gasteiger partial charge is 0.508 e. The van der Waals surface area contributed by atoms with E-state index >= 15 is 0 Å². The van der Waals surface area contributed by atoms with E-state index in [4.69, 9.17) is 0 Å². The fourth-order valence-corrected chi connectivity index (χ4v) is 2.17. The molecule has 1 unspecified atom stereocenters. The molecule has 0 aromatic carbocycles. The van der Waals surface area contributed by atoms with E-state index < -0.39 is 0 Å². The minimum atomic E-state index is 0.285. The molecule has 78 valence electrons. The summed E-state index contributed by atoms with van der Waals surface area (Å²) in [5, 5.41) is 12.8. The molecule has 0 radical (unpaired) electrons. The van der Waals surface area contributed by atoms with Crippen LogP contribution in [0.4, 0.5) is 0 Å². The van der Waals surface area contributed by atoms with Gasteiger partial charge in [0, 0.05) is 12.3 Å². The lowest BCUT2D eigenvalue weighted by Gasteiger charge is -2.08. The second-order valence-corrected chi connectivity index (χ2v) is 3.95. The van der Waals surface area contributed by atoms with Gasteiger partial charge in [0.1, 0.15) is 11.6 Å². The number of nitrogens with zero attached hydrogens (tertiary/aromatic N) is 2. The van der Waals surface area contributed by atoms with Crippen LogP contribution in [-0.2, 0) is 0 Å². The van der Waals surface area contributed by atoms with Gasteiger partial charge in [0.05, 0.1) is 17.8 Å². The molecule has 3 rings (SSSR count). The quantitative estimate of drug-likeness (QED) is 0.737. The summed E-state index contributed by atoms with van der Waals surface area (Å²) >= 11 is 0. The molecular formula is C11H13N3O. The number of aromatic hydroxyl groups is 1. The summed E-state index contributed by atoms with van der Waals surface area (Å²) in [5.74, 6) is 1.33. The minimum absolute atomic E-state index is 0.285. The van der Waals surface area contributed by atoms with E-state index in [1.54, 1.807) is 18.3 Å². The highest BCUT2D eigenvalue weighted by Gasteiger charge is 2.20. The van der Waals surface area contributed by atoms with E-state index in [0.29, 0.717) is 6.04 Å². The second kappa shape index (κ2) is 3.24. The molecule has 2 N–H and O–H groups in total. The van der Waals surface area contributed by atoms with Crippen molar-refractivity contribution >= 4 is 5.52 Å². The van der Waals surface area contributed by atoms with Crippen molar-refractivity contribution in [3.63, 3.8) is 0 Å². The molecule has 0 bridgehead atoms. The molecule has 0 saturated carbocycles. The van der Waals surface area contributed by atoms with Crippen molar-refractivity contribution in [1.29, 1.82) is 0 Å². The van der Waals surface area contributed by atoms with Gasteiger partial charge in [-0.2, -0.15) is 0 Å². The summed E-state index contributed by atoms with van der Waals surface area (Å²) in [6.45, 7) is 1.07. The van der Waals surface area contributed by atoms with Gasteiger partial charge < -0.3 is 14.8 Å². The Hall–Kier alpha value is -1.55. The Morgan fingerprint density at radius 3 is 3.27 bits per heavy atom. The minimum Gasteiger partial charge on any atom is -0.508 e. The standard InChI is InChI=1S/C11H13N3O/c15-9-3-5-14-8(6-9)7-13-11(14)10-2-1-4-12-10/h3,5-7,10,12,15H,1-2,4H2. The fraction of sp³-hybridized carbons (Fsp3) is 0.364. The summed E-state index contributed by atoms with van der Waals surface area (Å²) in [7, 11) is 0. The van der Waals surface area contributed by atoms with Crippen LogP contribution in [0.5, 0.6) is 5.75 Å². The molecule has 1 saturated heterocycles. The van der Waals surface area contributed by atoms with Gasteiger partial charge >= 0.3 is 0 Å². The molecule has 15 heavy (non-hydrogen) atoms. The van der Waals surface area contributed by atoms with Crippen LogP contribution in [0.1, 0.15) is 24.7 Å². The van der Waals surface area contributed by atoms with E-state index in [0.717, 1.165) is 24.3 Å². The maximum Gasteiger partial charge on any atom is 0.130 e. The Morgan fingerprint density at radius 1 is 1.53 bits per heavy atom. The van der Waals surface area contributed by atoms with E-state index in [2.05, 4.69) is 10.3 Å². The molecule has 4 nitrogen and oxygen atoms in total. The summed E-state index contributed by atoms with van der Waals surface area (Å²) in [4.78, 5) is 4.41. The highest BCUT2D eigenvalue weighted by atomic mass is 16.3. The summed E-state index contributed by atoms with van der Waals surface area (Å²) in [6.07, 6.45) is 6.01. The first-order valence-corrected chi connectivity index (χ1v) is 5.24. The second-order valence-electron chi connectivity index (χ2n) is 3.95. The summed E-state index contributed by atoms with van der Waals surface area (Å²) < 4.78 is 2.03. The van der Waals surface area contributed by atoms with Gasteiger partial charge in [-0.15, -0.1) is 0 Å². The third-order valence-corrected chi connectivity index (χ3v) is 2.92. The predicted molar refractivity (Wildman–Crippen MR) is 56.8 cm³/mol. The van der Waals surface area contributed by atoms with Crippen molar-refractivity contribution < 1.29 is 5.11 Å². The molecular weight excluding hydrogens is 190 g/mol. The van der Waals surface area contributed by atoms with Gasteiger partial charge in [0.15, 0.2) is 0 Å². The van der Waals surface area contributed by atoms with E-state index in [1.807, 2.05) is 10.6 Å². The molecule has 1 aliphatic rings. The molecule has 0 spiro atoms. The highest BCUT2D eigenvalue weighted by Crippen LogP contribution is 2.24. The summed E-state index contributed by atoms with van der Waals surface area (Å²) in [5.41, 5.74) is 0.943. The van der Waals surface area contributed by atoms with Gasteiger partial charge in [0.25, 0.3) is 0 Å². The van der Waals surface area contributed by atoms with Crippen LogP contribution in [0.3, 0.4) is 0 Å². The number of aromatic nitrogens is 2. The first-order chi connectivity index (χ1) is 7.34. The monoisotopic (exact) mass is 203 g/mol. The zero-order valence-corrected chi connectivity index (χ0v) is 8.35. The lowest BCUT2D eigenvalue weighted by molar-refractivity contribution is 0.475. The van der Waals surface area contributed by atoms with Crippen molar-refractivity contribution in [3.8, 4) is 5.75 Å². The molecule has 3 heterocycles. The number of hydrogen-bond donors (Lipinski definition) is 2. The zero-order valence-electron chi connectivity index (χ0n) is 8.35. The Kier molecular flexibility index (Phi) is 1.89. The van der Waals surface area contributed by atoms with Crippen molar-refractivity contribution in [3.05, 3.63) is 30.4 Å². The first-order valence-electron chi connectivity index (χ1n) is 5.24. The van der Waals surface area contributed by atoms with Crippen LogP contribution >= 0.6 is 0 Å². The van der Waals surface area contributed by atoms with Gasteiger partial charge in [-0.1, -0.05) is 0 Å². The maximum atomic E-state index is 9.35. The van der Waals surface area contributed by atoms with Gasteiger partial charge in [-0.05, 0) is 25.5 Å². The Morgan fingerprint density at radius 2 is 2.47 bits per heavy atom. The van der Waals surface area contributed by atoms with Gasteiger partial charge in [-0.25, -0.2) is 4.98 Å². The highest BCUT2D eigenvalue weighted by molar-refractivity contribution is 5.50. The normalized spacial score (nSPS) is 21.2. The first kappa shape index (κ1) is 8.73. The third kappa shape index (κ3) is 1.37. The number of rotatable bonds is 1. The number of fused-ring (bicyclic) bond motifs is 1. The van der Waals surface area contributed by atoms with Crippen molar-refractivity contribution in [2.75, 3.05) is 6.54 Å². The van der Waals surface area contributed by atoms with E-state index in [-0.39, 0.29) is 5.75 Å². The molecule has 2 aromatic rings. The van der Waals surface area contributed by atoms with Crippen LogP contribution < -0.4 is 5.32 Å². The Labute approximate surface area is 87.6 Å². The molecule has 1 aliphatic heterocycles. The molecule has 4 heteroatoms. The number of imidazole rings is 1. The van der Waals surface area contributed by atoms with Crippen molar-refractivity contribution in [2.24, 2.45) is 0 Å². The van der Waals surface area contributed by atoms with Crippen LogP contribution in [-0.4, -0.2) is 21.0 Å². The smallest absolute Gasteiger partial charge is 0.130 e. The molecule has 1 fully saturated rings. The van der Waals surface area contributed by atoms with Crippen LogP contribution in [0.2, 0.25) is 0 Å². The number of hydrogen-bond acceptors (Lipinski definition) is 3.